The van der Waals surface area contributed by atoms with Gasteiger partial charge in [0.05, 0.1) is 12.6 Å². The van der Waals surface area contributed by atoms with Gasteiger partial charge in [-0.2, -0.15) is 0 Å². The minimum atomic E-state index is -1.35. The first kappa shape index (κ1) is 9.85. The second-order valence-corrected chi connectivity index (χ2v) is 2.81. The molecule has 0 aliphatic carbocycles. The van der Waals surface area contributed by atoms with Gasteiger partial charge in [0, 0.05) is 0 Å². The average molecular weight is 179 g/mol. The zero-order valence-electron chi connectivity index (χ0n) is 6.37. The molecule has 1 aliphatic heterocycles. The number of rotatable bonds is 1. The standard InChI is InChI=1S/C6H13NO5/c7-3-5(10)4(9)2(1-8)12-6(3)11/h2-6,8-11H,1,7H2/t2?,3-,4+,5-,6?/m0/s1. The van der Waals surface area contributed by atoms with E-state index in [1.165, 1.54) is 0 Å². The molecule has 5 atom stereocenters. The molecule has 6 nitrogen and oxygen atoms in total. The molecule has 1 fully saturated rings. The predicted molar refractivity (Wildman–Crippen MR) is 38.0 cm³/mol. The molecule has 12 heavy (non-hydrogen) atoms. The summed E-state index contributed by atoms with van der Waals surface area (Å²) in [5.41, 5.74) is 5.26. The van der Waals surface area contributed by atoms with Crippen LogP contribution in [0.15, 0.2) is 0 Å². The summed E-state index contributed by atoms with van der Waals surface area (Å²) >= 11 is 0. The minimum Gasteiger partial charge on any atom is -0.394 e. The highest BCUT2D eigenvalue weighted by Crippen LogP contribution is 2.17. The molecule has 6 N–H and O–H groups in total. The number of hydrogen-bond donors (Lipinski definition) is 5. The van der Waals surface area contributed by atoms with Crippen molar-refractivity contribution in [1.82, 2.24) is 0 Å². The third kappa shape index (κ3) is 1.58. The van der Waals surface area contributed by atoms with Gasteiger partial charge in [0.25, 0.3) is 0 Å². The number of hydrogen-bond acceptors (Lipinski definition) is 6. The summed E-state index contributed by atoms with van der Waals surface area (Å²) in [7, 11) is 0. The highest BCUT2D eigenvalue weighted by molar-refractivity contribution is 4.90. The second kappa shape index (κ2) is 3.65. The first-order chi connectivity index (χ1) is 5.57. The molecule has 0 bridgehead atoms. The third-order valence-corrected chi connectivity index (χ3v) is 1.95. The van der Waals surface area contributed by atoms with Crippen LogP contribution < -0.4 is 5.73 Å². The molecular weight excluding hydrogens is 166 g/mol. The normalized spacial score (nSPS) is 49.2. The lowest BCUT2D eigenvalue weighted by Crippen LogP contribution is -2.61. The predicted octanol–water partition coefficient (Wildman–Crippen LogP) is -3.25. The number of aliphatic hydroxyl groups excluding tert-OH is 4. The summed E-state index contributed by atoms with van der Waals surface area (Å²) < 4.78 is 4.70. The number of aliphatic hydroxyl groups is 4. The molecule has 72 valence electrons. The van der Waals surface area contributed by atoms with E-state index in [-0.39, 0.29) is 0 Å². The SMILES string of the molecule is N[C@@H]1C(O)OC(CO)[C@@H](O)[C@H]1O. The molecule has 0 spiro atoms. The van der Waals surface area contributed by atoms with Crippen LogP contribution in [0.5, 0.6) is 0 Å². The van der Waals surface area contributed by atoms with Crippen molar-refractivity contribution in [3.63, 3.8) is 0 Å². The molecule has 1 saturated heterocycles. The van der Waals surface area contributed by atoms with Gasteiger partial charge < -0.3 is 30.9 Å². The van der Waals surface area contributed by atoms with E-state index in [1.807, 2.05) is 0 Å². The lowest BCUT2D eigenvalue weighted by molar-refractivity contribution is -0.248. The van der Waals surface area contributed by atoms with Crippen molar-refractivity contribution in [2.45, 2.75) is 30.6 Å². The van der Waals surface area contributed by atoms with Crippen molar-refractivity contribution >= 4 is 0 Å². The summed E-state index contributed by atoms with van der Waals surface area (Å²) in [5, 5.41) is 36.1. The maximum atomic E-state index is 9.20. The molecule has 0 aromatic heterocycles. The van der Waals surface area contributed by atoms with Gasteiger partial charge in [-0.05, 0) is 0 Å². The summed E-state index contributed by atoms with van der Waals surface area (Å²) in [4.78, 5) is 0. The van der Waals surface area contributed by atoms with Crippen LogP contribution in [0.1, 0.15) is 0 Å². The Bertz CT molecular complexity index is 150. The van der Waals surface area contributed by atoms with E-state index in [4.69, 9.17) is 20.7 Å². The van der Waals surface area contributed by atoms with Crippen LogP contribution in [0.3, 0.4) is 0 Å². The summed E-state index contributed by atoms with van der Waals surface area (Å²) in [6, 6.07) is -1.04. The van der Waals surface area contributed by atoms with Gasteiger partial charge in [-0.25, -0.2) is 0 Å². The zero-order valence-corrected chi connectivity index (χ0v) is 6.37. The molecule has 1 aliphatic rings. The smallest absolute Gasteiger partial charge is 0.173 e. The summed E-state index contributed by atoms with van der Waals surface area (Å²) in [6.07, 6.45) is -4.85. The summed E-state index contributed by atoms with van der Waals surface area (Å²) in [6.45, 7) is -0.470. The fourth-order valence-electron chi connectivity index (χ4n) is 1.12. The molecule has 2 unspecified atom stereocenters. The van der Waals surface area contributed by atoms with E-state index in [9.17, 15) is 10.2 Å². The maximum Gasteiger partial charge on any atom is 0.173 e. The van der Waals surface area contributed by atoms with Crippen molar-refractivity contribution in [3.8, 4) is 0 Å². The minimum absolute atomic E-state index is 0.470. The first-order valence-corrected chi connectivity index (χ1v) is 3.64. The van der Waals surface area contributed by atoms with Gasteiger partial charge in [0.2, 0.25) is 0 Å². The molecule has 0 aromatic rings. The zero-order chi connectivity index (χ0) is 9.30. The van der Waals surface area contributed by atoms with E-state index in [0.29, 0.717) is 0 Å². The highest BCUT2D eigenvalue weighted by atomic mass is 16.6. The first-order valence-electron chi connectivity index (χ1n) is 3.64. The van der Waals surface area contributed by atoms with Crippen LogP contribution in [0.2, 0.25) is 0 Å². The Balaban J connectivity index is 2.63. The Labute approximate surface area is 69.2 Å². The number of nitrogens with two attached hydrogens (primary N) is 1. The van der Waals surface area contributed by atoms with Gasteiger partial charge in [0.15, 0.2) is 6.29 Å². The largest absolute Gasteiger partial charge is 0.394 e. The highest BCUT2D eigenvalue weighted by Gasteiger charge is 2.41. The van der Waals surface area contributed by atoms with Crippen molar-refractivity contribution < 1.29 is 25.2 Å². The van der Waals surface area contributed by atoms with Gasteiger partial charge in [-0.1, -0.05) is 0 Å². The molecular formula is C6H13NO5. The Hall–Kier alpha value is -0.240. The molecule has 0 amide bonds. The molecule has 0 radical (unpaired) electrons. The molecule has 6 heteroatoms. The monoisotopic (exact) mass is 179 g/mol. The fraction of sp³-hybridized carbons (Fsp3) is 1.00. The van der Waals surface area contributed by atoms with Crippen LogP contribution in [0.25, 0.3) is 0 Å². The van der Waals surface area contributed by atoms with E-state index < -0.39 is 37.3 Å². The molecule has 0 saturated carbocycles. The van der Waals surface area contributed by atoms with Crippen LogP contribution in [-0.2, 0) is 4.74 Å². The quantitative estimate of drug-likeness (QED) is 0.288. The number of ether oxygens (including phenoxy) is 1. The Morgan fingerprint density at radius 3 is 2.25 bits per heavy atom. The van der Waals surface area contributed by atoms with Crippen LogP contribution in [0, 0.1) is 0 Å². The van der Waals surface area contributed by atoms with E-state index in [0.717, 1.165) is 0 Å². The van der Waals surface area contributed by atoms with Gasteiger partial charge in [0.1, 0.15) is 18.3 Å². The third-order valence-electron chi connectivity index (χ3n) is 1.95. The molecule has 0 aromatic carbocycles. The summed E-state index contributed by atoms with van der Waals surface area (Å²) in [5.74, 6) is 0. The Morgan fingerprint density at radius 1 is 1.17 bits per heavy atom. The Morgan fingerprint density at radius 2 is 1.75 bits per heavy atom. The maximum absolute atomic E-state index is 9.20. The van der Waals surface area contributed by atoms with Crippen LogP contribution in [0.4, 0.5) is 0 Å². The van der Waals surface area contributed by atoms with Crippen molar-refractivity contribution in [3.05, 3.63) is 0 Å². The molecule has 1 heterocycles. The van der Waals surface area contributed by atoms with E-state index in [1.54, 1.807) is 0 Å². The second-order valence-electron chi connectivity index (χ2n) is 2.81. The van der Waals surface area contributed by atoms with Gasteiger partial charge >= 0.3 is 0 Å². The van der Waals surface area contributed by atoms with E-state index >= 15 is 0 Å². The Kier molecular flexibility index (Phi) is 2.99. The average Bonchev–Trinajstić information content (AvgIpc) is 2.08. The lowest BCUT2D eigenvalue weighted by atomic mass is 9.98. The van der Waals surface area contributed by atoms with Crippen molar-refractivity contribution in [1.29, 1.82) is 0 Å². The van der Waals surface area contributed by atoms with Crippen LogP contribution in [-0.4, -0.2) is 57.7 Å². The lowest BCUT2D eigenvalue weighted by Gasteiger charge is -2.38. The van der Waals surface area contributed by atoms with Gasteiger partial charge in [-0.3, -0.25) is 0 Å². The van der Waals surface area contributed by atoms with Crippen LogP contribution >= 0.6 is 0 Å². The topological polar surface area (TPSA) is 116 Å². The van der Waals surface area contributed by atoms with E-state index in [2.05, 4.69) is 0 Å². The van der Waals surface area contributed by atoms with Crippen molar-refractivity contribution in [2.75, 3.05) is 6.61 Å². The molecule has 1 rings (SSSR count). The van der Waals surface area contributed by atoms with Gasteiger partial charge in [-0.15, -0.1) is 0 Å². The van der Waals surface area contributed by atoms with Crippen molar-refractivity contribution in [2.24, 2.45) is 5.73 Å². The fourth-order valence-corrected chi connectivity index (χ4v) is 1.12.